The van der Waals surface area contributed by atoms with E-state index >= 15 is 0 Å². The van der Waals surface area contributed by atoms with Gasteiger partial charge in [-0.3, -0.25) is 9.59 Å². The van der Waals surface area contributed by atoms with Gasteiger partial charge in [-0.2, -0.15) is 5.10 Å². The fraction of sp³-hybridized carbons (Fsp3) is 0.219. The normalized spacial score (nSPS) is 12.0. The van der Waals surface area contributed by atoms with E-state index in [0.29, 0.717) is 40.9 Å². The van der Waals surface area contributed by atoms with Gasteiger partial charge in [-0.25, -0.2) is 5.43 Å². The number of hydrogen-bond donors (Lipinski definition) is 2. The lowest BCUT2D eigenvalue weighted by molar-refractivity contribution is -0.123. The molecule has 0 fully saturated rings. The number of ether oxygens (including phenoxy) is 2. The van der Waals surface area contributed by atoms with Gasteiger partial charge in [0.05, 0.1) is 22.9 Å². The number of carbonyl (C=O) groups excluding carboxylic acids is 2. The second-order valence-corrected chi connectivity index (χ2v) is 10.4. The van der Waals surface area contributed by atoms with Crippen molar-refractivity contribution in [2.24, 2.45) is 11.0 Å². The van der Waals surface area contributed by atoms with Crippen molar-refractivity contribution in [3.05, 3.63) is 106 Å². The maximum Gasteiger partial charge on any atom is 0.262 e. The zero-order valence-electron chi connectivity index (χ0n) is 23.0. The molecule has 212 valence electrons. The highest BCUT2D eigenvalue weighted by Crippen LogP contribution is 2.30. The topological polar surface area (TPSA) is 89.0 Å². The van der Waals surface area contributed by atoms with Gasteiger partial charge in [0.25, 0.3) is 11.8 Å². The summed E-state index contributed by atoms with van der Waals surface area (Å²) in [4.78, 5) is 25.6. The van der Waals surface area contributed by atoms with Crippen LogP contribution in [0.25, 0.3) is 10.8 Å². The Hall–Kier alpha value is -4.07. The van der Waals surface area contributed by atoms with Gasteiger partial charge in [-0.05, 0) is 71.1 Å². The second kappa shape index (κ2) is 14.0. The van der Waals surface area contributed by atoms with Crippen LogP contribution in [0, 0.1) is 5.92 Å². The van der Waals surface area contributed by atoms with Crippen LogP contribution in [0.4, 0.5) is 0 Å². The van der Waals surface area contributed by atoms with Crippen molar-refractivity contribution in [2.75, 3.05) is 6.61 Å². The first-order valence-corrected chi connectivity index (χ1v) is 14.0. The Morgan fingerprint density at radius 2 is 1.68 bits per heavy atom. The van der Waals surface area contributed by atoms with E-state index in [1.165, 1.54) is 18.3 Å². The summed E-state index contributed by atoms with van der Waals surface area (Å²) in [7, 11) is 0. The van der Waals surface area contributed by atoms with Crippen LogP contribution >= 0.6 is 23.2 Å². The van der Waals surface area contributed by atoms with Gasteiger partial charge < -0.3 is 14.8 Å². The molecule has 0 bridgehead atoms. The summed E-state index contributed by atoms with van der Waals surface area (Å²) in [6.45, 7) is 6.39. The Morgan fingerprint density at radius 1 is 0.902 bits per heavy atom. The number of hydrazone groups is 1. The fourth-order valence-corrected chi connectivity index (χ4v) is 4.50. The van der Waals surface area contributed by atoms with Gasteiger partial charge >= 0.3 is 0 Å². The van der Waals surface area contributed by atoms with Crippen LogP contribution in [0.15, 0.2) is 84.0 Å². The number of nitrogens with zero attached hydrogens (tertiary/aromatic N) is 1. The van der Waals surface area contributed by atoms with E-state index in [1.54, 1.807) is 12.1 Å². The van der Waals surface area contributed by atoms with E-state index in [9.17, 15) is 9.59 Å². The van der Waals surface area contributed by atoms with Crippen molar-refractivity contribution in [3.63, 3.8) is 0 Å². The van der Waals surface area contributed by atoms with Crippen LogP contribution in [-0.2, 0) is 11.4 Å². The average molecular weight is 593 g/mol. The molecule has 1 atom stereocenters. The number of rotatable bonds is 11. The van der Waals surface area contributed by atoms with Crippen molar-refractivity contribution >= 4 is 52.0 Å². The molecule has 1 unspecified atom stereocenters. The minimum absolute atomic E-state index is 0.195. The van der Waals surface area contributed by atoms with Crippen molar-refractivity contribution < 1.29 is 19.1 Å². The molecule has 9 heteroatoms. The first-order chi connectivity index (χ1) is 19.8. The summed E-state index contributed by atoms with van der Waals surface area (Å²) >= 11 is 12.0. The van der Waals surface area contributed by atoms with E-state index in [2.05, 4.69) is 34.0 Å². The van der Waals surface area contributed by atoms with E-state index in [-0.39, 0.29) is 10.9 Å². The van der Waals surface area contributed by atoms with Gasteiger partial charge in [0.1, 0.15) is 12.6 Å². The average Bonchev–Trinajstić information content (AvgIpc) is 2.96. The molecule has 4 aromatic rings. The molecule has 4 rings (SSSR count). The zero-order chi connectivity index (χ0) is 29.4. The summed E-state index contributed by atoms with van der Waals surface area (Å²) in [5.74, 6) is 0.0778. The third-order valence-electron chi connectivity index (χ3n) is 6.34. The minimum atomic E-state index is -0.821. The molecule has 0 aromatic heterocycles. The van der Waals surface area contributed by atoms with Crippen LogP contribution < -0.4 is 20.2 Å². The molecule has 0 radical (unpaired) electrons. The lowest BCUT2D eigenvalue weighted by Gasteiger charge is -2.20. The quantitative estimate of drug-likeness (QED) is 0.145. The van der Waals surface area contributed by atoms with Crippen molar-refractivity contribution in [1.29, 1.82) is 0 Å². The fourth-order valence-electron chi connectivity index (χ4n) is 4.20. The number of amides is 2. The maximum absolute atomic E-state index is 12.9. The highest BCUT2D eigenvalue weighted by atomic mass is 35.5. The lowest BCUT2D eigenvalue weighted by Crippen LogP contribution is -2.48. The molecule has 0 heterocycles. The van der Waals surface area contributed by atoms with Crippen molar-refractivity contribution in [3.8, 4) is 11.5 Å². The molecule has 0 aliphatic heterocycles. The number of hydrogen-bond acceptors (Lipinski definition) is 5. The molecule has 0 saturated heterocycles. The number of carbonyl (C=O) groups is 2. The Morgan fingerprint density at radius 3 is 2.44 bits per heavy atom. The Bertz CT molecular complexity index is 1570. The summed E-state index contributed by atoms with van der Waals surface area (Å²) in [6.07, 6.45) is 1.51. The summed E-state index contributed by atoms with van der Waals surface area (Å²) in [5.41, 5.74) is 4.59. The molecule has 4 aromatic carbocycles. The highest BCUT2D eigenvalue weighted by Gasteiger charge is 2.24. The van der Waals surface area contributed by atoms with Crippen molar-refractivity contribution in [1.82, 2.24) is 10.7 Å². The van der Waals surface area contributed by atoms with Gasteiger partial charge in [0.15, 0.2) is 11.5 Å². The zero-order valence-corrected chi connectivity index (χ0v) is 24.5. The van der Waals surface area contributed by atoms with Crippen LogP contribution in [0.1, 0.15) is 42.3 Å². The molecule has 2 N–H and O–H groups in total. The first kappa shape index (κ1) is 29.9. The van der Waals surface area contributed by atoms with Gasteiger partial charge in [-0.15, -0.1) is 0 Å². The first-order valence-electron chi connectivity index (χ1n) is 13.2. The van der Waals surface area contributed by atoms with Crippen LogP contribution in [-0.4, -0.2) is 30.7 Å². The molecule has 2 amide bonds. The molecule has 7 nitrogen and oxygen atoms in total. The van der Waals surface area contributed by atoms with E-state index in [1.807, 2.05) is 57.2 Å². The van der Waals surface area contributed by atoms with Gasteiger partial charge in [-0.1, -0.05) is 79.5 Å². The molecule has 0 aliphatic carbocycles. The molecular formula is C32H31Cl2N3O4. The summed E-state index contributed by atoms with van der Waals surface area (Å²) in [6, 6.07) is 23.5. The number of nitrogens with one attached hydrogen (secondary N) is 2. The molecular weight excluding hydrogens is 561 g/mol. The van der Waals surface area contributed by atoms with Crippen molar-refractivity contribution in [2.45, 2.75) is 33.4 Å². The van der Waals surface area contributed by atoms with Gasteiger partial charge in [0.2, 0.25) is 0 Å². The van der Waals surface area contributed by atoms with E-state index < -0.39 is 17.9 Å². The smallest absolute Gasteiger partial charge is 0.262 e. The third-order valence-corrected chi connectivity index (χ3v) is 7.08. The Labute approximate surface area is 249 Å². The standard InChI is InChI=1S/C32H31Cl2N3O4/c1-4-40-29-16-21(12-15-28(29)41-19-24-10-7-9-22-8-5-6-11-25(22)24)18-35-37-32(39)30(20(2)3)36-31(38)23-13-14-26(33)27(34)17-23/h5-18,20,30H,4,19H2,1-3H3,(H,36,38)(H,37,39)/b35-18-. The highest BCUT2D eigenvalue weighted by molar-refractivity contribution is 6.42. The molecule has 0 saturated carbocycles. The largest absolute Gasteiger partial charge is 0.490 e. The molecule has 0 aliphatic rings. The molecule has 0 spiro atoms. The van der Waals surface area contributed by atoms with Crippen LogP contribution in [0.2, 0.25) is 10.0 Å². The number of fused-ring (bicyclic) bond motifs is 1. The maximum atomic E-state index is 12.9. The summed E-state index contributed by atoms with van der Waals surface area (Å²) < 4.78 is 11.9. The monoisotopic (exact) mass is 591 g/mol. The molecule has 41 heavy (non-hydrogen) atoms. The predicted octanol–water partition coefficient (Wildman–Crippen LogP) is 7.03. The Balaban J connectivity index is 1.41. The Kier molecular flexibility index (Phi) is 10.2. The summed E-state index contributed by atoms with van der Waals surface area (Å²) in [5, 5.41) is 9.72. The van der Waals surface area contributed by atoms with E-state index in [4.69, 9.17) is 32.7 Å². The van der Waals surface area contributed by atoms with Crippen LogP contribution in [0.5, 0.6) is 11.5 Å². The van der Waals surface area contributed by atoms with Crippen LogP contribution in [0.3, 0.4) is 0 Å². The third kappa shape index (κ3) is 7.78. The second-order valence-electron chi connectivity index (χ2n) is 9.62. The van der Waals surface area contributed by atoms with E-state index in [0.717, 1.165) is 16.3 Å². The number of benzene rings is 4. The van der Waals surface area contributed by atoms with Gasteiger partial charge in [0, 0.05) is 5.56 Å². The minimum Gasteiger partial charge on any atom is -0.490 e. The number of halogens is 2. The SMILES string of the molecule is CCOc1cc(/C=N\NC(=O)C(NC(=O)c2ccc(Cl)c(Cl)c2)C(C)C)ccc1OCc1cccc2ccccc12. The predicted molar refractivity (Wildman–Crippen MR) is 164 cm³/mol. The lowest BCUT2D eigenvalue weighted by atomic mass is 10.0.